The first-order valence-corrected chi connectivity index (χ1v) is 9.27. The van der Waals surface area contributed by atoms with Crippen LogP contribution in [0.15, 0.2) is 60.7 Å². The van der Waals surface area contributed by atoms with E-state index in [2.05, 4.69) is 29.2 Å². The molecule has 4 rings (SSSR count). The molecule has 1 N–H and O–H groups in total. The Morgan fingerprint density at radius 3 is 2.27 bits per heavy atom. The standard InChI is InChI=1S/C22H25NO3/c1-22(25,17-10-6-3-7-11-17)21(24)26-15-20-18-13-23(14-19(18)20)12-16-8-4-2-5-9-16/h2-11,18-20,25H,12-15H2,1H3. The first-order chi connectivity index (χ1) is 12.6. The average molecular weight is 351 g/mol. The molecule has 2 aliphatic rings. The zero-order valence-corrected chi connectivity index (χ0v) is 15.0. The minimum Gasteiger partial charge on any atom is -0.463 e. The van der Waals surface area contributed by atoms with Gasteiger partial charge in [-0.2, -0.15) is 0 Å². The van der Waals surface area contributed by atoms with Crippen molar-refractivity contribution in [3.8, 4) is 0 Å². The van der Waals surface area contributed by atoms with Crippen molar-refractivity contribution in [2.24, 2.45) is 17.8 Å². The third-order valence-corrected chi connectivity index (χ3v) is 5.84. The number of likely N-dealkylation sites (tertiary alicyclic amines) is 1. The summed E-state index contributed by atoms with van der Waals surface area (Å²) in [5.41, 5.74) is 0.315. The van der Waals surface area contributed by atoms with Gasteiger partial charge in [0.1, 0.15) is 0 Å². The fraction of sp³-hybridized carbons (Fsp3) is 0.409. The van der Waals surface area contributed by atoms with Gasteiger partial charge in [-0.3, -0.25) is 4.90 Å². The number of rotatable bonds is 6. The molecule has 2 aromatic rings. The molecule has 3 unspecified atom stereocenters. The molecule has 0 radical (unpaired) electrons. The Kier molecular flexibility index (Phi) is 4.55. The van der Waals surface area contributed by atoms with Crippen molar-refractivity contribution in [3.63, 3.8) is 0 Å². The molecule has 4 nitrogen and oxygen atoms in total. The largest absolute Gasteiger partial charge is 0.463 e. The topological polar surface area (TPSA) is 49.8 Å². The minimum atomic E-state index is -1.59. The molecular weight excluding hydrogens is 326 g/mol. The maximum absolute atomic E-state index is 12.3. The molecule has 0 amide bonds. The number of carbonyl (C=O) groups excluding carboxylic acids is 1. The third-order valence-electron chi connectivity index (χ3n) is 5.84. The van der Waals surface area contributed by atoms with Gasteiger partial charge in [0.25, 0.3) is 0 Å². The number of esters is 1. The van der Waals surface area contributed by atoms with Gasteiger partial charge in [0.05, 0.1) is 6.61 Å². The van der Waals surface area contributed by atoms with E-state index in [1.165, 1.54) is 12.5 Å². The highest BCUT2D eigenvalue weighted by atomic mass is 16.5. The Bertz CT molecular complexity index is 747. The van der Waals surface area contributed by atoms with Crippen molar-refractivity contribution in [2.45, 2.75) is 19.1 Å². The number of aliphatic hydroxyl groups is 1. The fourth-order valence-corrected chi connectivity index (χ4v) is 4.15. The van der Waals surface area contributed by atoms with Gasteiger partial charge >= 0.3 is 5.97 Å². The van der Waals surface area contributed by atoms with Gasteiger partial charge in [0, 0.05) is 25.6 Å². The maximum atomic E-state index is 12.3. The van der Waals surface area contributed by atoms with E-state index >= 15 is 0 Å². The van der Waals surface area contributed by atoms with Crippen molar-refractivity contribution in [3.05, 3.63) is 71.8 Å². The van der Waals surface area contributed by atoms with Crippen molar-refractivity contribution < 1.29 is 14.6 Å². The molecule has 1 aliphatic heterocycles. The summed E-state index contributed by atoms with van der Waals surface area (Å²) in [7, 11) is 0. The summed E-state index contributed by atoms with van der Waals surface area (Å²) in [5.74, 6) is 1.12. The molecule has 1 heterocycles. The predicted octanol–water partition coefficient (Wildman–Crippen LogP) is 2.82. The molecule has 0 bridgehead atoms. The van der Waals surface area contributed by atoms with Crippen LogP contribution in [0.5, 0.6) is 0 Å². The molecule has 136 valence electrons. The number of fused-ring (bicyclic) bond motifs is 1. The van der Waals surface area contributed by atoms with Crippen LogP contribution in [0.1, 0.15) is 18.1 Å². The SMILES string of the molecule is CC(O)(C(=O)OCC1C2CN(Cc3ccccc3)CC12)c1ccccc1. The van der Waals surface area contributed by atoms with Gasteiger partial charge in [-0.25, -0.2) is 4.79 Å². The van der Waals surface area contributed by atoms with Crippen LogP contribution in [0.4, 0.5) is 0 Å². The zero-order valence-electron chi connectivity index (χ0n) is 15.0. The molecule has 1 saturated heterocycles. The summed E-state index contributed by atoms with van der Waals surface area (Å²) in [6, 6.07) is 19.5. The van der Waals surface area contributed by atoms with E-state index in [4.69, 9.17) is 4.74 Å². The summed E-state index contributed by atoms with van der Waals surface area (Å²) in [6.45, 7) is 5.03. The van der Waals surface area contributed by atoms with Crippen LogP contribution in [0, 0.1) is 17.8 Å². The molecule has 2 aromatic carbocycles. The number of nitrogens with zero attached hydrogens (tertiary/aromatic N) is 1. The Labute approximate surface area is 154 Å². The second-order valence-electron chi connectivity index (χ2n) is 7.71. The Morgan fingerprint density at radius 2 is 1.65 bits per heavy atom. The lowest BCUT2D eigenvalue weighted by atomic mass is 9.96. The Hall–Kier alpha value is -2.17. The lowest BCUT2D eigenvalue weighted by molar-refractivity contribution is -0.165. The van der Waals surface area contributed by atoms with E-state index in [0.29, 0.717) is 29.9 Å². The van der Waals surface area contributed by atoms with Crippen LogP contribution < -0.4 is 0 Å². The minimum absolute atomic E-state index is 0.413. The monoisotopic (exact) mass is 351 g/mol. The van der Waals surface area contributed by atoms with E-state index < -0.39 is 11.6 Å². The summed E-state index contributed by atoms with van der Waals surface area (Å²) in [5, 5.41) is 10.5. The van der Waals surface area contributed by atoms with Gasteiger partial charge in [0.2, 0.25) is 0 Å². The van der Waals surface area contributed by atoms with Crippen LogP contribution in [0.2, 0.25) is 0 Å². The fourth-order valence-electron chi connectivity index (χ4n) is 4.15. The summed E-state index contributed by atoms with van der Waals surface area (Å²) < 4.78 is 5.47. The van der Waals surface area contributed by atoms with Crippen molar-refractivity contribution in [1.29, 1.82) is 0 Å². The summed E-state index contributed by atoms with van der Waals surface area (Å²) in [6.07, 6.45) is 0. The number of benzene rings is 2. The van der Waals surface area contributed by atoms with Crippen LogP contribution >= 0.6 is 0 Å². The highest BCUT2D eigenvalue weighted by Gasteiger charge is 2.56. The first kappa shape index (κ1) is 17.3. The molecule has 4 heteroatoms. The van der Waals surface area contributed by atoms with Crippen molar-refractivity contribution in [2.75, 3.05) is 19.7 Å². The van der Waals surface area contributed by atoms with Crippen molar-refractivity contribution >= 4 is 5.97 Å². The second-order valence-corrected chi connectivity index (χ2v) is 7.71. The van der Waals surface area contributed by atoms with Gasteiger partial charge in [-0.15, -0.1) is 0 Å². The van der Waals surface area contributed by atoms with Crippen molar-refractivity contribution in [1.82, 2.24) is 4.90 Å². The first-order valence-electron chi connectivity index (χ1n) is 9.27. The summed E-state index contributed by atoms with van der Waals surface area (Å²) in [4.78, 5) is 14.8. The molecule has 2 fully saturated rings. The van der Waals surface area contributed by atoms with Gasteiger partial charge < -0.3 is 9.84 Å². The molecule has 0 aromatic heterocycles. The zero-order chi connectivity index (χ0) is 18.1. The number of ether oxygens (including phenoxy) is 1. The second kappa shape index (κ2) is 6.86. The lowest BCUT2D eigenvalue weighted by Crippen LogP contribution is -2.35. The molecule has 1 saturated carbocycles. The van der Waals surface area contributed by atoms with Crippen LogP contribution in [-0.4, -0.2) is 35.7 Å². The van der Waals surface area contributed by atoms with Crippen LogP contribution in [-0.2, 0) is 21.7 Å². The van der Waals surface area contributed by atoms with Gasteiger partial charge in [-0.1, -0.05) is 60.7 Å². The van der Waals surface area contributed by atoms with E-state index in [9.17, 15) is 9.90 Å². The number of hydrogen-bond donors (Lipinski definition) is 1. The van der Waals surface area contributed by atoms with Crippen LogP contribution in [0.3, 0.4) is 0 Å². The average Bonchev–Trinajstić information content (AvgIpc) is 3.12. The van der Waals surface area contributed by atoms with Crippen LogP contribution in [0.25, 0.3) is 0 Å². The predicted molar refractivity (Wildman–Crippen MR) is 99.2 cm³/mol. The van der Waals surface area contributed by atoms with Gasteiger partial charge in [0.15, 0.2) is 5.60 Å². The molecule has 1 aliphatic carbocycles. The Morgan fingerprint density at radius 1 is 1.08 bits per heavy atom. The van der Waals surface area contributed by atoms with E-state index in [1.807, 2.05) is 24.3 Å². The highest BCUT2D eigenvalue weighted by Crippen LogP contribution is 2.52. The normalized spacial score (nSPS) is 26.8. The molecule has 3 atom stereocenters. The lowest BCUT2D eigenvalue weighted by Gasteiger charge is -2.23. The third kappa shape index (κ3) is 3.39. The maximum Gasteiger partial charge on any atom is 0.342 e. The number of hydrogen-bond acceptors (Lipinski definition) is 4. The number of piperidine rings is 1. The molecule has 0 spiro atoms. The smallest absolute Gasteiger partial charge is 0.342 e. The quantitative estimate of drug-likeness (QED) is 0.813. The Balaban J connectivity index is 1.25. The summed E-state index contributed by atoms with van der Waals surface area (Å²) >= 11 is 0. The van der Waals surface area contributed by atoms with E-state index in [0.717, 1.165) is 19.6 Å². The number of carbonyl (C=O) groups is 1. The highest BCUT2D eigenvalue weighted by molar-refractivity contribution is 5.80. The molecule has 26 heavy (non-hydrogen) atoms. The van der Waals surface area contributed by atoms with Gasteiger partial charge in [-0.05, 0) is 29.9 Å². The van der Waals surface area contributed by atoms with E-state index in [1.54, 1.807) is 12.1 Å². The van der Waals surface area contributed by atoms with E-state index in [-0.39, 0.29) is 0 Å². The molecular formula is C22H25NO3.